The summed E-state index contributed by atoms with van der Waals surface area (Å²) in [5, 5.41) is 0. The fraction of sp³-hybridized carbons (Fsp3) is 0.0625. The molecule has 0 spiro atoms. The van der Waals surface area contributed by atoms with Crippen LogP contribution in [0, 0.1) is 6.92 Å². The molecule has 3 N–H and O–H groups in total. The van der Waals surface area contributed by atoms with E-state index in [1.807, 2.05) is 55.5 Å². The molecule has 0 aliphatic rings. The highest BCUT2D eigenvalue weighted by Crippen LogP contribution is 2.23. The van der Waals surface area contributed by atoms with Crippen molar-refractivity contribution >= 4 is 5.82 Å². The summed E-state index contributed by atoms with van der Waals surface area (Å²) in [5.41, 5.74) is 6.20. The lowest BCUT2D eigenvalue weighted by molar-refractivity contribution is 1.12. The Morgan fingerprint density at radius 1 is 0.952 bits per heavy atom. The minimum Gasteiger partial charge on any atom is -0.308 e. The van der Waals surface area contributed by atoms with Crippen molar-refractivity contribution in [3.8, 4) is 22.8 Å². The first-order valence-electron chi connectivity index (χ1n) is 6.60. The third-order valence-corrected chi connectivity index (χ3v) is 3.08. The van der Waals surface area contributed by atoms with Gasteiger partial charge in [-0.05, 0) is 18.6 Å². The molecule has 0 aliphatic carbocycles. The first kappa shape index (κ1) is 13.2. The van der Waals surface area contributed by atoms with E-state index in [4.69, 9.17) is 5.84 Å². The number of nitrogen functional groups attached to an aromatic ring is 1. The zero-order valence-corrected chi connectivity index (χ0v) is 11.6. The average molecular weight is 277 g/mol. The van der Waals surface area contributed by atoms with Crippen LogP contribution in [-0.4, -0.2) is 15.0 Å². The molecule has 0 saturated carbocycles. The van der Waals surface area contributed by atoms with Crippen LogP contribution in [0.5, 0.6) is 0 Å². The highest BCUT2D eigenvalue weighted by molar-refractivity contribution is 5.66. The standard InChI is InChI=1S/C16H15N5/c1-11-7-8-13(18-10-11)16-19-14(9-15(20-16)21-17)12-5-3-2-4-6-12/h2-10H,17H2,1H3,(H,19,20,21). The molecule has 1 aromatic carbocycles. The Morgan fingerprint density at radius 3 is 2.43 bits per heavy atom. The van der Waals surface area contributed by atoms with Crippen LogP contribution in [0.3, 0.4) is 0 Å². The van der Waals surface area contributed by atoms with Gasteiger partial charge in [-0.3, -0.25) is 4.98 Å². The number of rotatable bonds is 3. The third-order valence-electron chi connectivity index (χ3n) is 3.08. The quantitative estimate of drug-likeness (QED) is 0.568. The lowest BCUT2D eigenvalue weighted by Crippen LogP contribution is -2.10. The van der Waals surface area contributed by atoms with E-state index in [9.17, 15) is 0 Å². The molecule has 2 heterocycles. The Hall–Kier alpha value is -2.79. The van der Waals surface area contributed by atoms with Gasteiger partial charge in [0.2, 0.25) is 0 Å². The lowest BCUT2D eigenvalue weighted by atomic mass is 10.1. The first-order valence-corrected chi connectivity index (χ1v) is 6.60. The van der Waals surface area contributed by atoms with Gasteiger partial charge in [-0.15, -0.1) is 0 Å². The average Bonchev–Trinajstić information content (AvgIpc) is 2.56. The minimum atomic E-state index is 0.546. The molecule has 21 heavy (non-hydrogen) atoms. The summed E-state index contributed by atoms with van der Waals surface area (Å²) in [7, 11) is 0. The van der Waals surface area contributed by atoms with Gasteiger partial charge >= 0.3 is 0 Å². The number of anilines is 1. The number of aryl methyl sites for hydroxylation is 1. The predicted octanol–water partition coefficient (Wildman–Crippen LogP) is 2.80. The Balaban J connectivity index is 2.11. The van der Waals surface area contributed by atoms with Gasteiger partial charge in [0, 0.05) is 17.8 Å². The monoisotopic (exact) mass is 277 g/mol. The van der Waals surface area contributed by atoms with Crippen LogP contribution in [0.1, 0.15) is 5.56 Å². The van der Waals surface area contributed by atoms with Crippen LogP contribution in [-0.2, 0) is 0 Å². The number of hydrogen-bond acceptors (Lipinski definition) is 5. The SMILES string of the molecule is Cc1ccc(-c2nc(NN)cc(-c3ccccc3)n2)nc1. The molecule has 0 unspecified atom stereocenters. The van der Waals surface area contributed by atoms with E-state index in [-0.39, 0.29) is 0 Å². The number of nitrogens with one attached hydrogen (secondary N) is 1. The van der Waals surface area contributed by atoms with Crippen molar-refractivity contribution in [2.75, 3.05) is 5.43 Å². The molecule has 0 bridgehead atoms. The van der Waals surface area contributed by atoms with Crippen molar-refractivity contribution in [1.82, 2.24) is 15.0 Å². The maximum atomic E-state index is 5.51. The van der Waals surface area contributed by atoms with Crippen molar-refractivity contribution in [2.45, 2.75) is 6.92 Å². The van der Waals surface area contributed by atoms with Crippen LogP contribution in [0.2, 0.25) is 0 Å². The molecule has 0 aliphatic heterocycles. The van der Waals surface area contributed by atoms with Crippen molar-refractivity contribution in [3.05, 3.63) is 60.3 Å². The van der Waals surface area contributed by atoms with E-state index < -0.39 is 0 Å². The molecule has 5 heteroatoms. The number of nitrogens with two attached hydrogens (primary N) is 1. The molecule has 2 aromatic heterocycles. The predicted molar refractivity (Wildman–Crippen MR) is 83.2 cm³/mol. The number of benzene rings is 1. The van der Waals surface area contributed by atoms with E-state index in [1.54, 1.807) is 6.20 Å². The zero-order chi connectivity index (χ0) is 14.7. The van der Waals surface area contributed by atoms with Gasteiger partial charge < -0.3 is 5.43 Å². The highest BCUT2D eigenvalue weighted by atomic mass is 15.3. The molecule has 0 radical (unpaired) electrons. The summed E-state index contributed by atoms with van der Waals surface area (Å²) >= 11 is 0. The van der Waals surface area contributed by atoms with Gasteiger partial charge in [-0.2, -0.15) is 0 Å². The van der Waals surface area contributed by atoms with Gasteiger partial charge in [0.05, 0.1) is 5.69 Å². The number of aromatic nitrogens is 3. The molecule has 104 valence electrons. The van der Waals surface area contributed by atoms with Gasteiger partial charge in [0.1, 0.15) is 11.5 Å². The fourth-order valence-electron chi connectivity index (χ4n) is 1.99. The van der Waals surface area contributed by atoms with E-state index in [0.29, 0.717) is 11.6 Å². The Kier molecular flexibility index (Phi) is 3.57. The first-order chi connectivity index (χ1) is 10.3. The summed E-state index contributed by atoms with van der Waals surface area (Å²) in [6, 6.07) is 15.6. The van der Waals surface area contributed by atoms with Crippen molar-refractivity contribution in [2.24, 2.45) is 5.84 Å². The summed E-state index contributed by atoms with van der Waals surface area (Å²) in [5.74, 6) is 6.61. The van der Waals surface area contributed by atoms with E-state index in [2.05, 4.69) is 20.4 Å². The number of nitrogens with zero attached hydrogens (tertiary/aromatic N) is 3. The fourth-order valence-corrected chi connectivity index (χ4v) is 1.99. The largest absolute Gasteiger partial charge is 0.308 e. The van der Waals surface area contributed by atoms with Crippen LogP contribution in [0.4, 0.5) is 5.82 Å². The van der Waals surface area contributed by atoms with Crippen molar-refractivity contribution in [1.29, 1.82) is 0 Å². The number of hydrazine groups is 1. The molecule has 0 amide bonds. The Bertz CT molecular complexity index is 738. The van der Waals surface area contributed by atoms with Crippen LogP contribution >= 0.6 is 0 Å². The third kappa shape index (κ3) is 2.88. The summed E-state index contributed by atoms with van der Waals surface area (Å²) < 4.78 is 0. The van der Waals surface area contributed by atoms with Gasteiger partial charge in [0.15, 0.2) is 5.82 Å². The Morgan fingerprint density at radius 2 is 1.76 bits per heavy atom. The summed E-state index contributed by atoms with van der Waals surface area (Å²) in [6.07, 6.45) is 1.80. The second-order valence-corrected chi connectivity index (χ2v) is 4.69. The van der Waals surface area contributed by atoms with Gasteiger partial charge in [0.25, 0.3) is 0 Å². The highest BCUT2D eigenvalue weighted by Gasteiger charge is 2.09. The number of hydrogen-bond donors (Lipinski definition) is 2. The molecule has 0 atom stereocenters. The molecule has 5 nitrogen and oxygen atoms in total. The maximum absolute atomic E-state index is 5.51. The molecule has 3 rings (SSSR count). The number of pyridine rings is 1. The lowest BCUT2D eigenvalue weighted by Gasteiger charge is -2.07. The maximum Gasteiger partial charge on any atom is 0.180 e. The van der Waals surface area contributed by atoms with Crippen LogP contribution in [0.15, 0.2) is 54.7 Å². The van der Waals surface area contributed by atoms with Gasteiger partial charge in [-0.25, -0.2) is 15.8 Å². The topological polar surface area (TPSA) is 76.7 Å². The normalized spacial score (nSPS) is 10.4. The van der Waals surface area contributed by atoms with Crippen molar-refractivity contribution < 1.29 is 0 Å². The van der Waals surface area contributed by atoms with E-state index >= 15 is 0 Å². The minimum absolute atomic E-state index is 0.546. The second-order valence-electron chi connectivity index (χ2n) is 4.69. The Labute approximate surface area is 122 Å². The summed E-state index contributed by atoms with van der Waals surface area (Å²) in [6.45, 7) is 1.99. The van der Waals surface area contributed by atoms with E-state index in [1.165, 1.54) is 0 Å². The van der Waals surface area contributed by atoms with E-state index in [0.717, 1.165) is 22.5 Å². The summed E-state index contributed by atoms with van der Waals surface area (Å²) in [4.78, 5) is 13.3. The van der Waals surface area contributed by atoms with Crippen LogP contribution < -0.4 is 11.3 Å². The van der Waals surface area contributed by atoms with Gasteiger partial charge in [-0.1, -0.05) is 36.4 Å². The molecular formula is C16H15N5. The smallest absolute Gasteiger partial charge is 0.180 e. The van der Waals surface area contributed by atoms with Crippen LogP contribution in [0.25, 0.3) is 22.8 Å². The molecule has 0 fully saturated rings. The zero-order valence-electron chi connectivity index (χ0n) is 11.6. The second kappa shape index (κ2) is 5.68. The van der Waals surface area contributed by atoms with Crippen molar-refractivity contribution in [3.63, 3.8) is 0 Å². The molecular weight excluding hydrogens is 262 g/mol. The molecule has 3 aromatic rings. The molecule has 0 saturated heterocycles.